The third kappa shape index (κ3) is 12.3. The van der Waals surface area contributed by atoms with Crippen molar-refractivity contribution in [2.45, 2.75) is 207 Å². The van der Waals surface area contributed by atoms with Crippen LogP contribution >= 0.6 is 0 Å². The molecule has 0 amide bonds. The molecule has 3 rings (SSSR count). The molecule has 0 aromatic heterocycles. The van der Waals surface area contributed by atoms with Gasteiger partial charge in [0.25, 0.3) is 0 Å². The third-order valence-electron chi connectivity index (χ3n) is 14.4. The minimum atomic E-state index is -1.11. The summed E-state index contributed by atoms with van der Waals surface area (Å²) in [6, 6.07) is 0. The van der Waals surface area contributed by atoms with Crippen LogP contribution in [-0.4, -0.2) is 125 Å². The van der Waals surface area contributed by atoms with Gasteiger partial charge in [0.2, 0.25) is 17.3 Å². The molecule has 12 heteroatoms. The highest BCUT2D eigenvalue weighted by Crippen LogP contribution is 2.41. The summed E-state index contributed by atoms with van der Waals surface area (Å²) in [7, 11) is 6.36. The Labute approximate surface area is 363 Å². The fourth-order valence-corrected chi connectivity index (χ4v) is 9.63. The standard InChI is InChI=1S/C48H83N3O9/c1-20-36(58-33-24-42(5,6)49(17)43(7,8)25-33)39(52)55-30-48(23-4,31-56-40(53)37(21-2)59-34-26-44(9,10)50(18)45(11,12)27-34)32-57-41(54)38(22-3)60-35-28-46(13,14)51(19)47(15,16)29-35/h20-22,33-35H,23-32H2,1-19H3. The maximum Gasteiger partial charge on any atom is 0.373 e. The summed E-state index contributed by atoms with van der Waals surface area (Å²) < 4.78 is 37.0. The molecule has 0 saturated carbocycles. The topological polar surface area (TPSA) is 116 Å². The quantitative estimate of drug-likeness (QED) is 0.0641. The molecular weight excluding hydrogens is 763 g/mol. The monoisotopic (exact) mass is 846 g/mol. The summed E-state index contributed by atoms with van der Waals surface area (Å²) in [6.07, 6.45) is 8.96. The summed E-state index contributed by atoms with van der Waals surface area (Å²) in [4.78, 5) is 48.4. The van der Waals surface area contributed by atoms with E-state index in [1.807, 2.05) is 6.92 Å². The fourth-order valence-electron chi connectivity index (χ4n) is 9.63. The largest absolute Gasteiger partial charge is 0.483 e. The third-order valence-corrected chi connectivity index (χ3v) is 14.4. The fraction of sp³-hybridized carbons (Fsp3) is 0.812. The minimum Gasteiger partial charge on any atom is -0.483 e. The van der Waals surface area contributed by atoms with Gasteiger partial charge in [-0.05, 0) is 150 Å². The predicted molar refractivity (Wildman–Crippen MR) is 237 cm³/mol. The predicted octanol–water partition coefficient (Wildman–Crippen LogP) is 8.73. The van der Waals surface area contributed by atoms with E-state index >= 15 is 0 Å². The normalized spacial score (nSPS) is 25.1. The minimum absolute atomic E-state index is 0.109. The molecule has 344 valence electrons. The van der Waals surface area contributed by atoms with E-state index in [1.54, 1.807) is 39.0 Å². The second-order valence-electron chi connectivity index (χ2n) is 21.5. The molecule has 12 nitrogen and oxygen atoms in total. The van der Waals surface area contributed by atoms with Crippen LogP contribution in [0.25, 0.3) is 0 Å². The average Bonchev–Trinajstić information content (AvgIpc) is 3.14. The number of carbonyl (C=O) groups excluding carboxylic acids is 3. The summed E-state index contributed by atoms with van der Waals surface area (Å²) in [6.45, 7) is 32.6. The van der Waals surface area contributed by atoms with Gasteiger partial charge in [0, 0.05) is 71.8 Å². The van der Waals surface area contributed by atoms with Crippen LogP contribution in [0.5, 0.6) is 0 Å². The highest BCUT2D eigenvalue weighted by Gasteiger charge is 2.47. The number of nitrogens with zero attached hydrogens (tertiary/aromatic N) is 3. The van der Waals surface area contributed by atoms with Crippen LogP contribution in [0.4, 0.5) is 0 Å². The molecule has 0 unspecified atom stereocenters. The van der Waals surface area contributed by atoms with Gasteiger partial charge < -0.3 is 28.4 Å². The molecule has 0 spiro atoms. The van der Waals surface area contributed by atoms with Gasteiger partial charge in [-0.3, -0.25) is 14.7 Å². The molecule has 3 saturated heterocycles. The van der Waals surface area contributed by atoms with E-state index in [-0.39, 0.29) is 88.6 Å². The lowest BCUT2D eigenvalue weighted by molar-refractivity contribution is -0.165. The molecule has 0 atom stereocenters. The summed E-state index contributed by atoms with van der Waals surface area (Å²) in [5.74, 6) is -1.60. The first kappa shape index (κ1) is 51.3. The molecule has 0 N–H and O–H groups in total. The highest BCUT2D eigenvalue weighted by atomic mass is 16.6. The number of carbonyl (C=O) groups is 3. The van der Waals surface area contributed by atoms with Gasteiger partial charge in [-0.2, -0.15) is 0 Å². The number of allylic oxidation sites excluding steroid dienone is 3. The molecule has 3 fully saturated rings. The van der Waals surface area contributed by atoms with Crippen LogP contribution in [0.2, 0.25) is 0 Å². The molecule has 0 bridgehead atoms. The maximum absolute atomic E-state index is 13.8. The maximum atomic E-state index is 13.8. The molecule has 3 aliphatic rings. The van der Waals surface area contributed by atoms with Crippen molar-refractivity contribution in [1.82, 2.24) is 14.7 Å². The number of piperidine rings is 3. The van der Waals surface area contributed by atoms with E-state index in [2.05, 4.69) is 119 Å². The number of hydrogen-bond acceptors (Lipinski definition) is 12. The van der Waals surface area contributed by atoms with E-state index in [0.29, 0.717) is 6.42 Å². The van der Waals surface area contributed by atoms with Crippen molar-refractivity contribution >= 4 is 17.9 Å². The van der Waals surface area contributed by atoms with Crippen molar-refractivity contribution in [3.8, 4) is 0 Å². The van der Waals surface area contributed by atoms with Crippen molar-refractivity contribution in [2.24, 2.45) is 5.41 Å². The van der Waals surface area contributed by atoms with Crippen molar-refractivity contribution in [1.29, 1.82) is 0 Å². The van der Waals surface area contributed by atoms with E-state index in [9.17, 15) is 14.4 Å². The van der Waals surface area contributed by atoms with E-state index in [4.69, 9.17) is 28.4 Å². The van der Waals surface area contributed by atoms with Crippen LogP contribution in [0.15, 0.2) is 35.5 Å². The molecule has 60 heavy (non-hydrogen) atoms. The first-order valence-corrected chi connectivity index (χ1v) is 22.1. The molecule has 0 aromatic carbocycles. The zero-order valence-electron chi connectivity index (χ0n) is 41.1. The Bertz CT molecular complexity index is 1380. The summed E-state index contributed by atoms with van der Waals surface area (Å²) >= 11 is 0. The van der Waals surface area contributed by atoms with Gasteiger partial charge in [0.1, 0.15) is 38.1 Å². The lowest BCUT2D eigenvalue weighted by Crippen LogP contribution is -2.60. The summed E-state index contributed by atoms with van der Waals surface area (Å²) in [5.41, 5.74) is -2.00. The van der Waals surface area contributed by atoms with E-state index in [0.717, 1.165) is 38.5 Å². The van der Waals surface area contributed by atoms with Crippen molar-refractivity contribution in [3.63, 3.8) is 0 Å². The Morgan fingerprint density at radius 2 is 0.667 bits per heavy atom. The number of rotatable bonds is 16. The number of ether oxygens (including phenoxy) is 6. The molecular formula is C48H83N3O9. The van der Waals surface area contributed by atoms with E-state index < -0.39 is 23.3 Å². The second-order valence-corrected chi connectivity index (χ2v) is 21.5. The second kappa shape index (κ2) is 19.1. The van der Waals surface area contributed by atoms with Gasteiger partial charge in [0.05, 0.1) is 5.41 Å². The Morgan fingerprint density at radius 1 is 0.467 bits per heavy atom. The molecule has 0 aliphatic carbocycles. The zero-order chi connectivity index (χ0) is 45.9. The van der Waals surface area contributed by atoms with Crippen molar-refractivity contribution in [3.05, 3.63) is 35.5 Å². The van der Waals surface area contributed by atoms with Crippen molar-refractivity contribution in [2.75, 3.05) is 41.0 Å². The van der Waals surface area contributed by atoms with Gasteiger partial charge in [0.15, 0.2) is 0 Å². The smallest absolute Gasteiger partial charge is 0.373 e. The van der Waals surface area contributed by atoms with Gasteiger partial charge >= 0.3 is 17.9 Å². The Hall–Kier alpha value is -3.09. The molecule has 3 heterocycles. The lowest BCUT2D eigenvalue weighted by atomic mass is 9.78. The number of hydrogen-bond donors (Lipinski definition) is 0. The lowest BCUT2D eigenvalue weighted by Gasteiger charge is -2.53. The van der Waals surface area contributed by atoms with Gasteiger partial charge in [-0.1, -0.05) is 6.92 Å². The average molecular weight is 846 g/mol. The molecule has 3 aliphatic heterocycles. The first-order chi connectivity index (χ1) is 27.4. The number of esters is 3. The first-order valence-electron chi connectivity index (χ1n) is 22.1. The van der Waals surface area contributed by atoms with Crippen LogP contribution in [0.1, 0.15) is 156 Å². The van der Waals surface area contributed by atoms with Crippen LogP contribution < -0.4 is 0 Å². The highest BCUT2D eigenvalue weighted by molar-refractivity contribution is 5.87. The zero-order valence-corrected chi connectivity index (χ0v) is 41.1. The Morgan fingerprint density at radius 3 is 0.833 bits per heavy atom. The van der Waals surface area contributed by atoms with Crippen LogP contribution in [0, 0.1) is 5.41 Å². The Balaban J connectivity index is 1.82. The van der Waals surface area contributed by atoms with Crippen LogP contribution in [0.3, 0.4) is 0 Å². The van der Waals surface area contributed by atoms with E-state index in [1.165, 1.54) is 0 Å². The SMILES string of the molecule is CC=C(OC1CC(C)(C)N(C)C(C)(C)C1)C(=O)OCC(CC)(COC(=O)C(=CC)OC1CC(C)(C)N(C)C(C)(C)C1)COC(=O)C(=CC)OC1CC(C)(C)N(C)C(C)(C)C1. The molecule has 0 radical (unpaired) electrons. The number of likely N-dealkylation sites (tertiary alicyclic amines) is 3. The summed E-state index contributed by atoms with van der Waals surface area (Å²) in [5, 5.41) is 0. The van der Waals surface area contributed by atoms with Crippen LogP contribution in [-0.2, 0) is 42.8 Å². The molecule has 0 aromatic rings. The Kier molecular flexibility index (Phi) is 16.3. The van der Waals surface area contributed by atoms with Gasteiger partial charge in [-0.15, -0.1) is 0 Å². The van der Waals surface area contributed by atoms with Crippen molar-refractivity contribution < 1.29 is 42.8 Å². The van der Waals surface area contributed by atoms with Gasteiger partial charge in [-0.25, -0.2) is 14.4 Å².